The number of hydrogen-bond acceptors (Lipinski definition) is 6. The molecule has 8 heteroatoms. The molecule has 1 atom stereocenters. The lowest BCUT2D eigenvalue weighted by Crippen LogP contribution is -2.29. The molecule has 0 aliphatic carbocycles. The summed E-state index contributed by atoms with van der Waals surface area (Å²) < 4.78 is 5.21. The summed E-state index contributed by atoms with van der Waals surface area (Å²) in [6.07, 6.45) is 4.81. The Hall–Kier alpha value is -3.71. The molecular formula is C23H18ClN3O4. The van der Waals surface area contributed by atoms with E-state index < -0.39 is 17.7 Å². The van der Waals surface area contributed by atoms with Gasteiger partial charge < -0.3 is 14.7 Å². The van der Waals surface area contributed by atoms with Crippen molar-refractivity contribution in [2.24, 2.45) is 0 Å². The lowest BCUT2D eigenvalue weighted by atomic mass is 9.98. The predicted octanol–water partition coefficient (Wildman–Crippen LogP) is 3.76. The molecular weight excluding hydrogens is 418 g/mol. The minimum atomic E-state index is -0.885. The van der Waals surface area contributed by atoms with E-state index in [1.54, 1.807) is 61.1 Å². The number of hydrogen-bond donors (Lipinski definition) is 1. The van der Waals surface area contributed by atoms with Crippen molar-refractivity contribution in [3.8, 4) is 5.75 Å². The summed E-state index contributed by atoms with van der Waals surface area (Å²) in [7, 11) is 1.48. The molecule has 1 saturated heterocycles. The third kappa shape index (κ3) is 3.87. The minimum absolute atomic E-state index is 0.0808. The zero-order valence-corrected chi connectivity index (χ0v) is 17.3. The normalized spacial score (nSPS) is 17.7. The molecule has 3 heterocycles. The zero-order chi connectivity index (χ0) is 22.0. The second kappa shape index (κ2) is 8.57. The van der Waals surface area contributed by atoms with Crippen LogP contribution in [0.3, 0.4) is 0 Å². The van der Waals surface area contributed by atoms with E-state index in [4.69, 9.17) is 16.3 Å². The number of ether oxygens (including phenoxy) is 1. The highest BCUT2D eigenvalue weighted by molar-refractivity contribution is 6.46. The summed E-state index contributed by atoms with van der Waals surface area (Å²) in [6.45, 7) is 0.127. The Kier molecular flexibility index (Phi) is 5.68. The van der Waals surface area contributed by atoms with E-state index in [-0.39, 0.29) is 28.5 Å². The van der Waals surface area contributed by atoms with Gasteiger partial charge in [-0.05, 0) is 42.0 Å². The van der Waals surface area contributed by atoms with Crippen molar-refractivity contribution in [3.05, 3.63) is 94.5 Å². The van der Waals surface area contributed by atoms with Crippen LogP contribution in [0.25, 0.3) is 5.76 Å². The molecule has 1 amide bonds. The third-order valence-corrected chi connectivity index (χ3v) is 5.34. The Bertz CT molecular complexity index is 1170. The van der Waals surface area contributed by atoms with Gasteiger partial charge in [0, 0.05) is 30.7 Å². The van der Waals surface area contributed by atoms with Gasteiger partial charge in [-0.25, -0.2) is 0 Å². The standard InChI is InChI=1S/C23H18ClN3O4/c1-31-15-7-8-17(24)16(11-15)21(28)19-20(18-6-2-3-10-26-18)27(23(30)22(19)29)13-14-5-4-9-25-12-14/h2-12,20,28H,13H2,1H3/b21-19+. The van der Waals surface area contributed by atoms with E-state index in [0.717, 1.165) is 5.56 Å². The van der Waals surface area contributed by atoms with Crippen molar-refractivity contribution in [2.75, 3.05) is 7.11 Å². The number of methoxy groups -OCH3 is 1. The van der Waals surface area contributed by atoms with Gasteiger partial charge in [0.25, 0.3) is 11.7 Å². The summed E-state index contributed by atoms with van der Waals surface area (Å²) >= 11 is 6.29. The first-order valence-corrected chi connectivity index (χ1v) is 9.81. The SMILES string of the molecule is COc1ccc(Cl)c(/C(O)=C2\C(=O)C(=O)N(Cc3cccnc3)C2c2ccccn2)c1. The number of amides is 1. The largest absolute Gasteiger partial charge is 0.507 e. The van der Waals surface area contributed by atoms with Crippen LogP contribution >= 0.6 is 11.6 Å². The molecule has 1 aliphatic heterocycles. The molecule has 2 aromatic heterocycles. The fourth-order valence-corrected chi connectivity index (χ4v) is 3.74. The summed E-state index contributed by atoms with van der Waals surface area (Å²) in [5.74, 6) is -1.48. The Morgan fingerprint density at radius 2 is 2.00 bits per heavy atom. The average Bonchev–Trinajstić information content (AvgIpc) is 3.05. The monoisotopic (exact) mass is 435 g/mol. The highest BCUT2D eigenvalue weighted by atomic mass is 35.5. The van der Waals surface area contributed by atoms with Crippen LogP contribution in [-0.4, -0.2) is 38.8 Å². The second-order valence-electron chi connectivity index (χ2n) is 6.89. The molecule has 3 aromatic rings. The molecule has 4 rings (SSSR count). The van der Waals surface area contributed by atoms with E-state index in [0.29, 0.717) is 11.4 Å². The molecule has 0 radical (unpaired) electrons. The molecule has 0 bridgehead atoms. The summed E-state index contributed by atoms with van der Waals surface area (Å²) in [5.41, 5.74) is 1.31. The zero-order valence-electron chi connectivity index (χ0n) is 16.5. The number of carbonyl (C=O) groups is 2. The fourth-order valence-electron chi connectivity index (χ4n) is 3.53. The Morgan fingerprint density at radius 1 is 1.16 bits per heavy atom. The van der Waals surface area contributed by atoms with Gasteiger partial charge in [-0.1, -0.05) is 23.7 Å². The maximum absolute atomic E-state index is 13.0. The quantitative estimate of drug-likeness (QED) is 0.372. The van der Waals surface area contributed by atoms with Crippen molar-refractivity contribution in [3.63, 3.8) is 0 Å². The smallest absolute Gasteiger partial charge is 0.296 e. The minimum Gasteiger partial charge on any atom is -0.507 e. The highest BCUT2D eigenvalue weighted by Crippen LogP contribution is 2.41. The lowest BCUT2D eigenvalue weighted by molar-refractivity contribution is -0.140. The highest BCUT2D eigenvalue weighted by Gasteiger charge is 2.46. The van der Waals surface area contributed by atoms with Crippen LogP contribution in [0.4, 0.5) is 0 Å². The van der Waals surface area contributed by atoms with Crippen molar-refractivity contribution in [1.82, 2.24) is 14.9 Å². The molecule has 156 valence electrons. The number of Topliss-reactive ketones (excluding diaryl/α,β-unsaturated/α-hetero) is 1. The third-order valence-electron chi connectivity index (χ3n) is 5.01. The molecule has 0 spiro atoms. The number of pyridine rings is 2. The Morgan fingerprint density at radius 3 is 2.68 bits per heavy atom. The van der Waals surface area contributed by atoms with E-state index in [1.807, 2.05) is 0 Å². The topological polar surface area (TPSA) is 92.6 Å². The first-order valence-electron chi connectivity index (χ1n) is 9.43. The van der Waals surface area contributed by atoms with Gasteiger partial charge in [-0.3, -0.25) is 19.6 Å². The van der Waals surface area contributed by atoms with Crippen molar-refractivity contribution < 1.29 is 19.4 Å². The van der Waals surface area contributed by atoms with Crippen LogP contribution < -0.4 is 4.74 Å². The number of aliphatic hydroxyl groups is 1. The van der Waals surface area contributed by atoms with Crippen LogP contribution in [0.1, 0.15) is 22.9 Å². The number of aromatic nitrogens is 2. The van der Waals surface area contributed by atoms with Crippen molar-refractivity contribution >= 4 is 29.1 Å². The van der Waals surface area contributed by atoms with Crippen LogP contribution in [-0.2, 0) is 16.1 Å². The number of likely N-dealkylation sites (tertiary alicyclic amines) is 1. The maximum Gasteiger partial charge on any atom is 0.296 e. The van der Waals surface area contributed by atoms with Crippen LogP contribution in [0.2, 0.25) is 5.02 Å². The van der Waals surface area contributed by atoms with Crippen LogP contribution in [0.15, 0.2) is 72.7 Å². The van der Waals surface area contributed by atoms with E-state index in [9.17, 15) is 14.7 Å². The van der Waals surface area contributed by atoms with Gasteiger partial charge in [0.1, 0.15) is 17.6 Å². The summed E-state index contributed by atoms with van der Waals surface area (Å²) in [6, 6.07) is 12.6. The van der Waals surface area contributed by atoms with Crippen LogP contribution in [0, 0.1) is 0 Å². The number of carbonyl (C=O) groups excluding carboxylic acids is 2. The van der Waals surface area contributed by atoms with Gasteiger partial charge >= 0.3 is 0 Å². The molecule has 1 unspecified atom stereocenters. The second-order valence-corrected chi connectivity index (χ2v) is 7.30. The summed E-state index contributed by atoms with van der Waals surface area (Å²) in [5, 5.41) is 11.3. The first-order chi connectivity index (χ1) is 15.0. The first kappa shape index (κ1) is 20.6. The van der Waals surface area contributed by atoms with Gasteiger partial charge in [-0.15, -0.1) is 0 Å². The molecule has 1 N–H and O–H groups in total. The van der Waals surface area contributed by atoms with E-state index >= 15 is 0 Å². The lowest BCUT2D eigenvalue weighted by Gasteiger charge is -2.24. The van der Waals surface area contributed by atoms with E-state index in [1.165, 1.54) is 18.1 Å². The number of ketones is 1. The number of halogens is 1. The van der Waals surface area contributed by atoms with E-state index in [2.05, 4.69) is 9.97 Å². The number of benzene rings is 1. The molecule has 1 aliphatic rings. The molecule has 0 saturated carbocycles. The maximum atomic E-state index is 13.0. The van der Waals surface area contributed by atoms with Gasteiger partial charge in [0.05, 0.1) is 23.4 Å². The molecule has 7 nitrogen and oxygen atoms in total. The molecule has 1 fully saturated rings. The number of nitrogens with zero attached hydrogens (tertiary/aromatic N) is 3. The molecule has 1 aromatic carbocycles. The van der Waals surface area contributed by atoms with Crippen molar-refractivity contribution in [1.29, 1.82) is 0 Å². The number of aliphatic hydroxyl groups excluding tert-OH is 1. The Labute approximate surface area is 183 Å². The number of rotatable bonds is 5. The van der Waals surface area contributed by atoms with Crippen molar-refractivity contribution in [2.45, 2.75) is 12.6 Å². The average molecular weight is 436 g/mol. The van der Waals surface area contributed by atoms with Gasteiger partial charge in [0.2, 0.25) is 0 Å². The summed E-state index contributed by atoms with van der Waals surface area (Å²) in [4.78, 5) is 35.8. The van der Waals surface area contributed by atoms with Gasteiger partial charge in [0.15, 0.2) is 0 Å². The predicted molar refractivity (Wildman–Crippen MR) is 114 cm³/mol. The fraction of sp³-hybridized carbons (Fsp3) is 0.130. The Balaban J connectivity index is 1.89. The van der Waals surface area contributed by atoms with Gasteiger partial charge in [-0.2, -0.15) is 0 Å². The van der Waals surface area contributed by atoms with Crippen LogP contribution in [0.5, 0.6) is 5.75 Å². The molecule has 31 heavy (non-hydrogen) atoms.